The average Bonchev–Trinajstić information content (AvgIpc) is 3.05. The first-order valence-corrected chi connectivity index (χ1v) is 8.44. The Kier molecular flexibility index (Phi) is 4.65. The number of hydrogen-bond donors (Lipinski definition) is 1. The molecule has 6 heteroatoms. The number of aryl methyl sites for hydroxylation is 3. The molecule has 0 saturated carbocycles. The Morgan fingerprint density at radius 1 is 1.29 bits per heavy atom. The highest BCUT2D eigenvalue weighted by molar-refractivity contribution is 6.31. The van der Waals surface area contributed by atoms with Gasteiger partial charge in [0, 0.05) is 32.6 Å². The van der Waals surface area contributed by atoms with Crippen molar-refractivity contribution in [1.29, 1.82) is 0 Å². The molecule has 1 aliphatic heterocycles. The van der Waals surface area contributed by atoms with Crippen LogP contribution in [0.3, 0.4) is 0 Å². The Balaban J connectivity index is 1.82. The van der Waals surface area contributed by atoms with Gasteiger partial charge in [0.15, 0.2) is 0 Å². The number of likely N-dealkylation sites (tertiary alicyclic amines) is 1. The fraction of sp³-hybridized carbons (Fsp3) is 0.444. The predicted molar refractivity (Wildman–Crippen MR) is 93.3 cm³/mol. The van der Waals surface area contributed by atoms with Gasteiger partial charge < -0.3 is 5.11 Å². The number of carbonyl (C=O) groups is 1. The lowest BCUT2D eigenvalue weighted by Gasteiger charge is -2.16. The number of nitrogens with zero attached hydrogens (tertiary/aromatic N) is 3. The van der Waals surface area contributed by atoms with Crippen molar-refractivity contribution < 1.29 is 9.90 Å². The van der Waals surface area contributed by atoms with Gasteiger partial charge in [-0.25, -0.2) is 0 Å². The number of aliphatic carboxylic acids is 1. The molecule has 0 unspecified atom stereocenters. The molecule has 0 aliphatic carbocycles. The summed E-state index contributed by atoms with van der Waals surface area (Å²) in [5, 5.41) is 14.6. The molecule has 1 aromatic heterocycles. The maximum atomic E-state index is 11.7. The SMILES string of the molecule is Cc1ccc([C@H]2CN(Cc3c(Cl)c(C)nn3C)C[C@@H]2C(=O)O)cc1. The highest BCUT2D eigenvalue weighted by Gasteiger charge is 2.38. The first kappa shape index (κ1) is 17.0. The smallest absolute Gasteiger partial charge is 0.308 e. The summed E-state index contributed by atoms with van der Waals surface area (Å²) in [6.07, 6.45) is 0. The topological polar surface area (TPSA) is 58.4 Å². The summed E-state index contributed by atoms with van der Waals surface area (Å²) in [7, 11) is 1.87. The first-order chi connectivity index (χ1) is 11.4. The van der Waals surface area contributed by atoms with Gasteiger partial charge in [-0.3, -0.25) is 14.4 Å². The highest BCUT2D eigenvalue weighted by atomic mass is 35.5. The Bertz CT molecular complexity index is 754. The van der Waals surface area contributed by atoms with Crippen molar-refractivity contribution in [2.45, 2.75) is 26.3 Å². The second-order valence-electron chi connectivity index (χ2n) is 6.63. The molecule has 0 amide bonds. The van der Waals surface area contributed by atoms with Crippen molar-refractivity contribution in [2.75, 3.05) is 13.1 Å². The minimum absolute atomic E-state index is 0.00352. The van der Waals surface area contributed by atoms with Gasteiger partial charge in [-0.1, -0.05) is 41.4 Å². The van der Waals surface area contributed by atoms with E-state index in [9.17, 15) is 9.90 Å². The van der Waals surface area contributed by atoms with E-state index in [0.29, 0.717) is 24.7 Å². The predicted octanol–water partition coefficient (Wildman–Crippen LogP) is 2.99. The van der Waals surface area contributed by atoms with Gasteiger partial charge >= 0.3 is 5.97 Å². The largest absolute Gasteiger partial charge is 0.481 e. The molecule has 128 valence electrons. The zero-order valence-electron chi connectivity index (χ0n) is 14.2. The van der Waals surface area contributed by atoms with Gasteiger partial charge in [0.25, 0.3) is 0 Å². The number of benzene rings is 1. The second kappa shape index (κ2) is 6.57. The number of carboxylic acids is 1. The number of carboxylic acid groups (broad SMARTS) is 1. The third-order valence-electron chi connectivity index (χ3n) is 4.85. The molecule has 3 rings (SSSR count). The normalized spacial score (nSPS) is 21.3. The van der Waals surface area contributed by atoms with Gasteiger partial charge in [0.05, 0.1) is 22.3 Å². The third kappa shape index (κ3) is 3.19. The Hall–Kier alpha value is -1.85. The third-order valence-corrected chi connectivity index (χ3v) is 5.34. The van der Waals surface area contributed by atoms with Crippen LogP contribution in [0, 0.1) is 19.8 Å². The number of hydrogen-bond acceptors (Lipinski definition) is 3. The average molecular weight is 348 g/mol. The fourth-order valence-electron chi connectivity index (χ4n) is 3.48. The summed E-state index contributed by atoms with van der Waals surface area (Å²) in [5.74, 6) is -1.15. The van der Waals surface area contributed by atoms with Crippen LogP contribution in [0.2, 0.25) is 5.02 Å². The van der Waals surface area contributed by atoms with Crippen LogP contribution in [0.4, 0.5) is 0 Å². The molecule has 1 aromatic carbocycles. The van der Waals surface area contributed by atoms with Crippen LogP contribution in [0.25, 0.3) is 0 Å². The van der Waals surface area contributed by atoms with Gasteiger partial charge in [0.1, 0.15) is 0 Å². The summed E-state index contributed by atoms with van der Waals surface area (Å²) in [6, 6.07) is 8.16. The van der Waals surface area contributed by atoms with Crippen molar-refractivity contribution in [2.24, 2.45) is 13.0 Å². The molecule has 1 fully saturated rings. The molecule has 5 nitrogen and oxygen atoms in total. The highest BCUT2D eigenvalue weighted by Crippen LogP contribution is 2.34. The zero-order valence-corrected chi connectivity index (χ0v) is 14.9. The summed E-state index contributed by atoms with van der Waals surface area (Å²) in [6.45, 7) is 5.76. The zero-order chi connectivity index (χ0) is 17.4. The van der Waals surface area contributed by atoms with E-state index in [2.05, 4.69) is 10.00 Å². The monoisotopic (exact) mass is 347 g/mol. The number of rotatable bonds is 4. The van der Waals surface area contributed by atoms with Crippen molar-refractivity contribution >= 4 is 17.6 Å². The molecule has 1 saturated heterocycles. The van der Waals surface area contributed by atoms with Crippen molar-refractivity contribution in [3.8, 4) is 0 Å². The minimum Gasteiger partial charge on any atom is -0.481 e. The molecule has 1 N–H and O–H groups in total. The molecule has 2 heterocycles. The lowest BCUT2D eigenvalue weighted by molar-refractivity contribution is -0.141. The van der Waals surface area contributed by atoms with E-state index >= 15 is 0 Å². The van der Waals surface area contributed by atoms with Crippen LogP contribution in [0.5, 0.6) is 0 Å². The quantitative estimate of drug-likeness (QED) is 0.923. The van der Waals surface area contributed by atoms with Gasteiger partial charge in [0.2, 0.25) is 0 Å². The first-order valence-electron chi connectivity index (χ1n) is 8.06. The molecule has 0 spiro atoms. The van der Waals surface area contributed by atoms with Gasteiger partial charge in [-0.15, -0.1) is 0 Å². The van der Waals surface area contributed by atoms with Crippen LogP contribution >= 0.6 is 11.6 Å². The Morgan fingerprint density at radius 3 is 2.50 bits per heavy atom. The maximum absolute atomic E-state index is 11.7. The lowest BCUT2D eigenvalue weighted by Crippen LogP contribution is -2.24. The molecule has 0 radical (unpaired) electrons. The molecule has 24 heavy (non-hydrogen) atoms. The van der Waals surface area contributed by atoms with E-state index in [1.165, 1.54) is 5.56 Å². The summed E-state index contributed by atoms with van der Waals surface area (Å²) in [4.78, 5) is 13.9. The van der Waals surface area contributed by atoms with Crippen LogP contribution in [0.15, 0.2) is 24.3 Å². The van der Waals surface area contributed by atoms with Gasteiger partial charge in [-0.2, -0.15) is 5.10 Å². The summed E-state index contributed by atoms with van der Waals surface area (Å²) < 4.78 is 1.78. The van der Waals surface area contributed by atoms with Crippen LogP contribution in [-0.2, 0) is 18.4 Å². The van der Waals surface area contributed by atoms with E-state index in [4.69, 9.17) is 11.6 Å². The lowest BCUT2D eigenvalue weighted by atomic mass is 9.89. The Morgan fingerprint density at radius 2 is 1.96 bits per heavy atom. The minimum atomic E-state index is -0.740. The number of aromatic nitrogens is 2. The molecule has 1 aliphatic rings. The summed E-state index contributed by atoms with van der Waals surface area (Å²) >= 11 is 6.34. The van der Waals surface area contributed by atoms with Crippen LogP contribution < -0.4 is 0 Å². The van der Waals surface area contributed by atoms with Crippen molar-refractivity contribution in [3.63, 3.8) is 0 Å². The van der Waals surface area contributed by atoms with Crippen molar-refractivity contribution in [3.05, 3.63) is 51.8 Å². The van der Waals surface area contributed by atoms with E-state index in [1.54, 1.807) is 4.68 Å². The van der Waals surface area contributed by atoms with E-state index in [1.807, 2.05) is 45.2 Å². The van der Waals surface area contributed by atoms with E-state index < -0.39 is 11.9 Å². The molecule has 2 atom stereocenters. The van der Waals surface area contributed by atoms with Crippen molar-refractivity contribution in [1.82, 2.24) is 14.7 Å². The van der Waals surface area contributed by atoms with E-state index in [-0.39, 0.29) is 5.92 Å². The standard InChI is InChI=1S/C18H22ClN3O2/c1-11-4-6-13(7-5-11)14-8-22(9-15(14)18(23)24)10-16-17(19)12(2)20-21(16)3/h4-7,14-15H,8-10H2,1-3H3,(H,23,24)/t14-,15+/m1/s1. The fourth-order valence-corrected chi connectivity index (χ4v) is 3.70. The van der Waals surface area contributed by atoms with Crippen LogP contribution in [-0.4, -0.2) is 38.8 Å². The maximum Gasteiger partial charge on any atom is 0.308 e. The Labute approximate surface area is 146 Å². The molecular formula is C18H22ClN3O2. The van der Waals surface area contributed by atoms with E-state index in [0.717, 1.165) is 17.0 Å². The molecule has 2 aromatic rings. The van der Waals surface area contributed by atoms with Crippen LogP contribution in [0.1, 0.15) is 28.4 Å². The van der Waals surface area contributed by atoms with Gasteiger partial charge in [-0.05, 0) is 19.4 Å². The molecule has 0 bridgehead atoms. The number of halogens is 1. The second-order valence-corrected chi connectivity index (χ2v) is 7.00. The molecular weight excluding hydrogens is 326 g/mol. The summed E-state index contributed by atoms with van der Waals surface area (Å²) in [5.41, 5.74) is 4.00.